The van der Waals surface area contributed by atoms with Crippen LogP contribution in [0.2, 0.25) is 0 Å². The Bertz CT molecular complexity index is 90.9. The molecule has 0 bridgehead atoms. The molecule has 0 heterocycles. The van der Waals surface area contributed by atoms with E-state index in [-0.39, 0.29) is 0 Å². The Kier molecular flexibility index (Phi) is 6.24. The zero-order valence-corrected chi connectivity index (χ0v) is 9.59. The highest BCUT2D eigenvalue weighted by Crippen LogP contribution is 2.32. The summed E-state index contributed by atoms with van der Waals surface area (Å²) in [4.78, 5) is 0. The SMILES string of the molecule is CC1CCC(C)C(C)C1.CP. The standard InChI is InChI=1S/C9H18.CH5P/c1-7-4-5-8(2)9(3)6-7;1-2/h7-9H,4-6H2,1-3H3;2H2,1H3. The van der Waals surface area contributed by atoms with E-state index >= 15 is 0 Å². The number of rotatable bonds is 0. The van der Waals surface area contributed by atoms with Crippen LogP contribution >= 0.6 is 9.24 Å². The van der Waals surface area contributed by atoms with E-state index in [4.69, 9.17) is 0 Å². The molecule has 11 heavy (non-hydrogen) atoms. The summed E-state index contributed by atoms with van der Waals surface area (Å²) < 4.78 is 0. The lowest BCUT2D eigenvalue weighted by atomic mass is 9.77. The Hall–Kier alpha value is 0.430. The first-order chi connectivity index (χ1) is 5.20. The van der Waals surface area contributed by atoms with E-state index in [9.17, 15) is 0 Å². The van der Waals surface area contributed by atoms with Crippen LogP contribution in [0.5, 0.6) is 0 Å². The molecule has 1 aliphatic carbocycles. The van der Waals surface area contributed by atoms with Crippen molar-refractivity contribution in [3.8, 4) is 0 Å². The fourth-order valence-corrected chi connectivity index (χ4v) is 1.82. The maximum Gasteiger partial charge on any atom is -0.0414 e. The third-order valence-corrected chi connectivity index (χ3v) is 2.86. The monoisotopic (exact) mass is 174 g/mol. The first-order valence-electron chi connectivity index (χ1n) is 4.78. The molecule has 0 amide bonds. The molecule has 0 spiro atoms. The van der Waals surface area contributed by atoms with Crippen LogP contribution in [0.15, 0.2) is 0 Å². The summed E-state index contributed by atoms with van der Waals surface area (Å²) >= 11 is 0. The molecule has 4 atom stereocenters. The Morgan fingerprint density at radius 3 is 1.82 bits per heavy atom. The zero-order chi connectivity index (χ0) is 8.85. The van der Waals surface area contributed by atoms with Gasteiger partial charge in [0.05, 0.1) is 0 Å². The molecule has 1 saturated carbocycles. The highest BCUT2D eigenvalue weighted by Gasteiger charge is 2.20. The Balaban J connectivity index is 0.000000461. The van der Waals surface area contributed by atoms with E-state index in [2.05, 4.69) is 30.0 Å². The lowest BCUT2D eigenvalue weighted by Crippen LogP contribution is -2.18. The van der Waals surface area contributed by atoms with E-state index in [0.29, 0.717) is 0 Å². The van der Waals surface area contributed by atoms with Gasteiger partial charge in [-0.25, -0.2) is 0 Å². The second-order valence-corrected chi connectivity index (χ2v) is 3.87. The highest BCUT2D eigenvalue weighted by molar-refractivity contribution is 7.15. The summed E-state index contributed by atoms with van der Waals surface area (Å²) in [6, 6.07) is 0. The first kappa shape index (κ1) is 11.4. The quantitative estimate of drug-likeness (QED) is 0.492. The van der Waals surface area contributed by atoms with Crippen LogP contribution in [0.3, 0.4) is 0 Å². The molecule has 4 unspecified atom stereocenters. The van der Waals surface area contributed by atoms with Crippen molar-refractivity contribution in [1.29, 1.82) is 0 Å². The Labute approximate surface area is 74.4 Å². The largest absolute Gasteiger partial charge is 0.141 e. The van der Waals surface area contributed by atoms with Crippen molar-refractivity contribution in [1.82, 2.24) is 0 Å². The summed E-state index contributed by atoms with van der Waals surface area (Å²) in [7, 11) is 2.42. The summed E-state index contributed by atoms with van der Waals surface area (Å²) in [5.74, 6) is 2.96. The molecule has 0 saturated heterocycles. The summed E-state index contributed by atoms with van der Waals surface area (Å²) in [5, 5.41) is 0. The molecule has 0 N–H and O–H groups in total. The van der Waals surface area contributed by atoms with Gasteiger partial charge in [0.1, 0.15) is 0 Å². The average Bonchev–Trinajstić information content (AvgIpc) is 2.02. The van der Waals surface area contributed by atoms with Gasteiger partial charge in [-0.2, -0.15) is 0 Å². The lowest BCUT2D eigenvalue weighted by Gasteiger charge is -2.29. The molecule has 0 aromatic heterocycles. The molecule has 0 aromatic rings. The van der Waals surface area contributed by atoms with Gasteiger partial charge in [-0.15, -0.1) is 9.24 Å². The second-order valence-electron chi connectivity index (χ2n) is 3.87. The highest BCUT2D eigenvalue weighted by atomic mass is 31.0. The molecule has 1 heteroatoms. The molecular weight excluding hydrogens is 151 g/mol. The first-order valence-corrected chi connectivity index (χ1v) is 5.93. The summed E-state index contributed by atoms with van der Waals surface area (Å²) in [6.07, 6.45) is 4.38. The average molecular weight is 174 g/mol. The van der Waals surface area contributed by atoms with Gasteiger partial charge in [0, 0.05) is 0 Å². The van der Waals surface area contributed by atoms with E-state index < -0.39 is 0 Å². The lowest BCUT2D eigenvalue weighted by molar-refractivity contribution is 0.220. The van der Waals surface area contributed by atoms with Crippen molar-refractivity contribution in [2.24, 2.45) is 17.8 Å². The fourth-order valence-electron chi connectivity index (χ4n) is 1.82. The van der Waals surface area contributed by atoms with Crippen LogP contribution in [0.25, 0.3) is 0 Å². The number of hydrogen-bond donors (Lipinski definition) is 0. The minimum absolute atomic E-state index is 0.980. The van der Waals surface area contributed by atoms with E-state index in [0.717, 1.165) is 17.8 Å². The molecule has 0 aromatic carbocycles. The van der Waals surface area contributed by atoms with Crippen LogP contribution in [0, 0.1) is 17.8 Å². The van der Waals surface area contributed by atoms with Crippen molar-refractivity contribution in [2.75, 3.05) is 6.66 Å². The van der Waals surface area contributed by atoms with E-state index in [1.165, 1.54) is 19.3 Å². The van der Waals surface area contributed by atoms with Crippen LogP contribution < -0.4 is 0 Å². The van der Waals surface area contributed by atoms with E-state index in [1.807, 2.05) is 6.66 Å². The van der Waals surface area contributed by atoms with Gasteiger partial charge in [0.25, 0.3) is 0 Å². The molecule has 0 aliphatic heterocycles. The predicted octanol–water partition coefficient (Wildman–Crippen LogP) is 3.57. The van der Waals surface area contributed by atoms with Crippen molar-refractivity contribution in [3.63, 3.8) is 0 Å². The zero-order valence-electron chi connectivity index (χ0n) is 8.43. The minimum atomic E-state index is 0.980. The smallest absolute Gasteiger partial charge is 0.0414 e. The Morgan fingerprint density at radius 2 is 1.45 bits per heavy atom. The third-order valence-electron chi connectivity index (χ3n) is 2.86. The summed E-state index contributed by atoms with van der Waals surface area (Å²) in [5.41, 5.74) is 0. The van der Waals surface area contributed by atoms with Gasteiger partial charge in [0.2, 0.25) is 0 Å². The fraction of sp³-hybridized carbons (Fsp3) is 1.00. The van der Waals surface area contributed by atoms with Gasteiger partial charge in [-0.05, 0) is 24.2 Å². The second kappa shape index (κ2) is 6.00. The molecule has 1 rings (SSSR count). The van der Waals surface area contributed by atoms with Crippen molar-refractivity contribution < 1.29 is 0 Å². The van der Waals surface area contributed by atoms with Crippen molar-refractivity contribution in [2.45, 2.75) is 40.0 Å². The van der Waals surface area contributed by atoms with Crippen LogP contribution in [0.1, 0.15) is 40.0 Å². The third kappa shape index (κ3) is 4.11. The van der Waals surface area contributed by atoms with Gasteiger partial charge in [-0.1, -0.05) is 40.3 Å². The summed E-state index contributed by atoms with van der Waals surface area (Å²) in [6.45, 7) is 9.07. The maximum atomic E-state index is 2.42. The van der Waals surface area contributed by atoms with Crippen LogP contribution in [-0.2, 0) is 0 Å². The maximum absolute atomic E-state index is 2.42. The minimum Gasteiger partial charge on any atom is -0.141 e. The van der Waals surface area contributed by atoms with E-state index in [1.54, 1.807) is 0 Å². The van der Waals surface area contributed by atoms with Crippen molar-refractivity contribution >= 4 is 9.24 Å². The number of hydrogen-bond acceptors (Lipinski definition) is 0. The molecular formula is C10H23P. The molecule has 68 valence electrons. The van der Waals surface area contributed by atoms with Crippen molar-refractivity contribution in [3.05, 3.63) is 0 Å². The van der Waals surface area contributed by atoms with Crippen LogP contribution in [-0.4, -0.2) is 6.66 Å². The van der Waals surface area contributed by atoms with Crippen LogP contribution in [0.4, 0.5) is 0 Å². The predicted molar refractivity (Wildman–Crippen MR) is 57.0 cm³/mol. The van der Waals surface area contributed by atoms with Gasteiger partial charge < -0.3 is 0 Å². The normalized spacial score (nSPS) is 37.4. The molecule has 1 aliphatic rings. The van der Waals surface area contributed by atoms with Gasteiger partial charge in [-0.3, -0.25) is 0 Å². The molecule has 1 fully saturated rings. The Morgan fingerprint density at radius 1 is 0.909 bits per heavy atom. The topological polar surface area (TPSA) is 0 Å². The van der Waals surface area contributed by atoms with Gasteiger partial charge in [0.15, 0.2) is 0 Å². The molecule has 0 nitrogen and oxygen atoms in total. The molecule has 0 radical (unpaired) electrons. The van der Waals surface area contributed by atoms with Gasteiger partial charge >= 0.3 is 0 Å².